The third kappa shape index (κ3) is 1.94. The fourth-order valence-electron chi connectivity index (χ4n) is 1.54. The largest absolute Gasteiger partial charge is 0.316 e. The molecular weight excluding hydrogens is 212 g/mol. The lowest BCUT2D eigenvalue weighted by Gasteiger charge is -2.07. The van der Waals surface area contributed by atoms with Crippen molar-refractivity contribution >= 4 is 0 Å². The molecule has 0 aliphatic carbocycles. The maximum Gasteiger partial charge on any atom is 0.152 e. The van der Waals surface area contributed by atoms with Crippen molar-refractivity contribution in [3.05, 3.63) is 47.8 Å². The molecule has 0 unspecified atom stereocenters. The monoisotopic (exact) mass is 223 g/mol. The topological polar surface area (TPSA) is 29.9 Å². The molecule has 0 radical (unpaired) electrons. The summed E-state index contributed by atoms with van der Waals surface area (Å²) in [5.41, 5.74) is 0.415. The molecule has 0 bridgehead atoms. The molecule has 0 amide bonds. The van der Waals surface area contributed by atoms with Gasteiger partial charge in [0.05, 0.1) is 0 Å². The highest BCUT2D eigenvalue weighted by Crippen LogP contribution is 2.18. The van der Waals surface area contributed by atoms with Gasteiger partial charge < -0.3 is 5.32 Å². The lowest BCUT2D eigenvalue weighted by Crippen LogP contribution is -2.08. The minimum Gasteiger partial charge on any atom is -0.316 e. The van der Waals surface area contributed by atoms with Gasteiger partial charge in [-0.3, -0.25) is 0 Å². The van der Waals surface area contributed by atoms with Crippen molar-refractivity contribution in [2.75, 3.05) is 7.05 Å². The SMILES string of the molecule is CNCc1cc(F)c(-n2cccn2)c(F)c1. The molecule has 16 heavy (non-hydrogen) atoms. The van der Waals surface area contributed by atoms with Crippen molar-refractivity contribution in [3.8, 4) is 5.69 Å². The van der Waals surface area contributed by atoms with Crippen LogP contribution in [0.25, 0.3) is 5.69 Å². The molecular formula is C11H11F2N3. The Bertz CT molecular complexity index is 457. The first-order valence-electron chi connectivity index (χ1n) is 4.85. The summed E-state index contributed by atoms with van der Waals surface area (Å²) in [5, 5.41) is 6.64. The van der Waals surface area contributed by atoms with Crippen LogP contribution in [0.1, 0.15) is 5.56 Å². The molecule has 0 spiro atoms. The fourth-order valence-corrected chi connectivity index (χ4v) is 1.54. The fraction of sp³-hybridized carbons (Fsp3) is 0.182. The molecule has 84 valence electrons. The van der Waals surface area contributed by atoms with Crippen LogP contribution in [0.15, 0.2) is 30.6 Å². The van der Waals surface area contributed by atoms with E-state index in [1.54, 1.807) is 13.1 Å². The zero-order valence-corrected chi connectivity index (χ0v) is 8.74. The number of aromatic nitrogens is 2. The van der Waals surface area contributed by atoms with Gasteiger partial charge >= 0.3 is 0 Å². The van der Waals surface area contributed by atoms with Crippen LogP contribution in [0.2, 0.25) is 0 Å². The summed E-state index contributed by atoms with van der Waals surface area (Å²) in [6.45, 7) is 0.424. The molecule has 0 fully saturated rings. The third-order valence-electron chi connectivity index (χ3n) is 2.19. The molecule has 0 aliphatic rings. The number of hydrogen-bond acceptors (Lipinski definition) is 2. The number of benzene rings is 1. The summed E-state index contributed by atoms with van der Waals surface area (Å²) in [7, 11) is 1.72. The standard InChI is InChI=1S/C11H11F2N3/c1-14-7-8-5-9(12)11(10(13)6-8)16-4-2-3-15-16/h2-6,14H,7H2,1H3. The molecule has 0 saturated heterocycles. The summed E-state index contributed by atoms with van der Waals surface area (Å²) in [5.74, 6) is -1.23. The second-order valence-corrected chi connectivity index (χ2v) is 3.39. The molecule has 1 heterocycles. The van der Waals surface area contributed by atoms with Gasteiger partial charge in [0.15, 0.2) is 11.6 Å². The van der Waals surface area contributed by atoms with E-state index in [4.69, 9.17) is 0 Å². The predicted octanol–water partition coefficient (Wildman–Crippen LogP) is 1.87. The normalized spacial score (nSPS) is 10.7. The Morgan fingerprint density at radius 1 is 1.31 bits per heavy atom. The van der Waals surface area contributed by atoms with Crippen molar-refractivity contribution in [2.45, 2.75) is 6.54 Å². The maximum atomic E-state index is 13.7. The van der Waals surface area contributed by atoms with Gasteiger partial charge in [0.1, 0.15) is 5.69 Å². The van der Waals surface area contributed by atoms with Crippen LogP contribution in [-0.4, -0.2) is 16.8 Å². The average Bonchev–Trinajstić information content (AvgIpc) is 2.70. The maximum absolute atomic E-state index is 13.7. The molecule has 2 aromatic rings. The number of rotatable bonds is 3. The highest BCUT2D eigenvalue weighted by molar-refractivity contribution is 5.37. The first-order chi connectivity index (χ1) is 7.72. The van der Waals surface area contributed by atoms with Crippen molar-refractivity contribution < 1.29 is 8.78 Å². The quantitative estimate of drug-likeness (QED) is 0.860. The molecule has 1 aromatic heterocycles. The van der Waals surface area contributed by atoms with Crippen LogP contribution in [0.3, 0.4) is 0 Å². The zero-order valence-electron chi connectivity index (χ0n) is 8.74. The van der Waals surface area contributed by atoms with Gasteiger partial charge in [-0.2, -0.15) is 5.10 Å². The van der Waals surface area contributed by atoms with E-state index in [9.17, 15) is 8.78 Å². The Labute approximate surface area is 91.7 Å². The number of nitrogens with one attached hydrogen (secondary N) is 1. The Morgan fingerprint density at radius 3 is 2.50 bits per heavy atom. The summed E-state index contributed by atoms with van der Waals surface area (Å²) < 4.78 is 28.5. The molecule has 0 aliphatic heterocycles. The van der Waals surface area contributed by atoms with Crippen LogP contribution in [0, 0.1) is 11.6 Å². The van der Waals surface area contributed by atoms with E-state index < -0.39 is 11.6 Å². The van der Waals surface area contributed by atoms with Gasteiger partial charge in [0.25, 0.3) is 0 Å². The van der Waals surface area contributed by atoms with E-state index in [0.717, 1.165) is 0 Å². The molecule has 1 N–H and O–H groups in total. The third-order valence-corrected chi connectivity index (χ3v) is 2.19. The van der Waals surface area contributed by atoms with Crippen molar-refractivity contribution in [3.63, 3.8) is 0 Å². The van der Waals surface area contributed by atoms with Gasteiger partial charge in [-0.1, -0.05) is 0 Å². The predicted molar refractivity (Wildman–Crippen MR) is 56.2 cm³/mol. The molecule has 0 saturated carbocycles. The summed E-state index contributed by atoms with van der Waals surface area (Å²) in [6.07, 6.45) is 2.97. The van der Waals surface area contributed by atoms with Crippen molar-refractivity contribution in [1.82, 2.24) is 15.1 Å². The number of halogens is 2. The number of hydrogen-bond donors (Lipinski definition) is 1. The van der Waals surface area contributed by atoms with Gasteiger partial charge in [-0.05, 0) is 30.8 Å². The highest BCUT2D eigenvalue weighted by atomic mass is 19.1. The van der Waals surface area contributed by atoms with E-state index in [1.165, 1.54) is 29.2 Å². The van der Waals surface area contributed by atoms with Crippen LogP contribution < -0.4 is 5.32 Å². The lowest BCUT2D eigenvalue weighted by molar-refractivity contribution is 0.555. The lowest BCUT2D eigenvalue weighted by atomic mass is 10.2. The van der Waals surface area contributed by atoms with Crippen LogP contribution in [0.5, 0.6) is 0 Å². The number of nitrogens with zero attached hydrogens (tertiary/aromatic N) is 2. The summed E-state index contributed by atoms with van der Waals surface area (Å²) in [6, 6.07) is 4.22. The van der Waals surface area contributed by atoms with Gasteiger partial charge in [-0.15, -0.1) is 0 Å². The molecule has 2 rings (SSSR count). The first-order valence-corrected chi connectivity index (χ1v) is 4.85. The Balaban J connectivity index is 2.48. The van der Waals surface area contributed by atoms with Crippen LogP contribution in [0.4, 0.5) is 8.78 Å². The molecule has 5 heteroatoms. The van der Waals surface area contributed by atoms with E-state index in [1.807, 2.05) is 0 Å². The Hall–Kier alpha value is -1.75. The average molecular weight is 223 g/mol. The van der Waals surface area contributed by atoms with Crippen LogP contribution >= 0.6 is 0 Å². The zero-order chi connectivity index (χ0) is 11.5. The van der Waals surface area contributed by atoms with Crippen molar-refractivity contribution in [1.29, 1.82) is 0 Å². The van der Waals surface area contributed by atoms with Crippen LogP contribution in [-0.2, 0) is 6.54 Å². The smallest absolute Gasteiger partial charge is 0.152 e. The minimum absolute atomic E-state index is 0.148. The Kier molecular flexibility index (Phi) is 2.96. The van der Waals surface area contributed by atoms with Gasteiger partial charge in [-0.25, -0.2) is 13.5 Å². The first kappa shape index (κ1) is 10.8. The highest BCUT2D eigenvalue weighted by Gasteiger charge is 2.12. The van der Waals surface area contributed by atoms with E-state index in [2.05, 4.69) is 10.4 Å². The van der Waals surface area contributed by atoms with Gasteiger partial charge in [0, 0.05) is 18.9 Å². The van der Waals surface area contributed by atoms with Gasteiger partial charge in [0.2, 0.25) is 0 Å². The summed E-state index contributed by atoms with van der Waals surface area (Å²) >= 11 is 0. The molecule has 1 aromatic carbocycles. The minimum atomic E-state index is -0.617. The molecule has 0 atom stereocenters. The van der Waals surface area contributed by atoms with E-state index in [0.29, 0.717) is 12.1 Å². The molecule has 3 nitrogen and oxygen atoms in total. The Morgan fingerprint density at radius 2 is 2.00 bits per heavy atom. The second-order valence-electron chi connectivity index (χ2n) is 3.39. The second kappa shape index (κ2) is 4.40. The van der Waals surface area contributed by atoms with E-state index >= 15 is 0 Å². The summed E-state index contributed by atoms with van der Waals surface area (Å²) in [4.78, 5) is 0. The van der Waals surface area contributed by atoms with Crippen molar-refractivity contribution in [2.24, 2.45) is 0 Å². The van der Waals surface area contributed by atoms with E-state index in [-0.39, 0.29) is 5.69 Å².